The highest BCUT2D eigenvalue weighted by atomic mass is 16.3. The van der Waals surface area contributed by atoms with Crippen LogP contribution in [0.3, 0.4) is 0 Å². The summed E-state index contributed by atoms with van der Waals surface area (Å²) in [7, 11) is 0. The molecule has 0 spiro atoms. The van der Waals surface area contributed by atoms with Gasteiger partial charge < -0.3 is 9.73 Å². The molecule has 0 radical (unpaired) electrons. The van der Waals surface area contributed by atoms with Crippen molar-refractivity contribution in [3.63, 3.8) is 0 Å². The van der Waals surface area contributed by atoms with Crippen LogP contribution in [0.2, 0.25) is 0 Å². The van der Waals surface area contributed by atoms with Gasteiger partial charge in [-0.3, -0.25) is 0 Å². The molecule has 0 unspecified atom stereocenters. The molecule has 0 amide bonds. The van der Waals surface area contributed by atoms with Crippen LogP contribution in [0.25, 0.3) is 0 Å². The number of aryl methyl sites for hydroxylation is 1. The summed E-state index contributed by atoms with van der Waals surface area (Å²) in [5.74, 6) is 1.76. The number of furan rings is 1. The minimum absolute atomic E-state index is 0.639. The lowest BCUT2D eigenvalue weighted by atomic mass is 9.75. The Morgan fingerprint density at radius 3 is 2.83 bits per heavy atom. The molecule has 2 aromatic rings. The Hall–Kier alpha value is -1.54. The summed E-state index contributed by atoms with van der Waals surface area (Å²) < 4.78 is 5.32. The summed E-state index contributed by atoms with van der Waals surface area (Å²) in [6, 6.07) is 13.5. The van der Waals surface area contributed by atoms with Gasteiger partial charge in [-0.2, -0.15) is 0 Å². The Morgan fingerprint density at radius 1 is 1.22 bits per heavy atom. The van der Waals surface area contributed by atoms with E-state index in [2.05, 4.69) is 36.5 Å². The van der Waals surface area contributed by atoms with Crippen LogP contribution < -0.4 is 5.32 Å². The van der Waals surface area contributed by atoms with E-state index in [-0.39, 0.29) is 0 Å². The van der Waals surface area contributed by atoms with Crippen molar-refractivity contribution in [1.82, 2.24) is 5.32 Å². The maximum atomic E-state index is 5.32. The second-order valence-corrected chi connectivity index (χ2v) is 5.24. The monoisotopic (exact) mass is 241 g/mol. The van der Waals surface area contributed by atoms with Gasteiger partial charge in [0.25, 0.3) is 0 Å². The van der Waals surface area contributed by atoms with E-state index in [0.29, 0.717) is 6.04 Å². The molecule has 1 aliphatic carbocycles. The van der Waals surface area contributed by atoms with Crippen molar-refractivity contribution in [2.24, 2.45) is 0 Å². The van der Waals surface area contributed by atoms with E-state index in [0.717, 1.165) is 18.2 Å². The van der Waals surface area contributed by atoms with Crippen molar-refractivity contribution in [2.45, 2.75) is 38.3 Å². The van der Waals surface area contributed by atoms with Gasteiger partial charge in [-0.25, -0.2) is 0 Å². The third-order valence-corrected chi connectivity index (χ3v) is 3.80. The number of nitrogens with one attached hydrogen (secondary N) is 1. The Morgan fingerprint density at radius 2 is 2.11 bits per heavy atom. The minimum atomic E-state index is 0.639. The Bertz CT molecular complexity index is 498. The summed E-state index contributed by atoms with van der Waals surface area (Å²) in [5.41, 5.74) is 2.85. The molecule has 1 heterocycles. The average Bonchev–Trinajstić information content (AvgIpc) is 2.80. The number of hydrogen-bond donors (Lipinski definition) is 1. The van der Waals surface area contributed by atoms with Crippen molar-refractivity contribution in [3.8, 4) is 0 Å². The lowest BCUT2D eigenvalue weighted by Crippen LogP contribution is -2.39. The largest absolute Gasteiger partial charge is 0.468 e. The van der Waals surface area contributed by atoms with Crippen LogP contribution in [-0.2, 0) is 6.54 Å². The van der Waals surface area contributed by atoms with Crippen molar-refractivity contribution < 1.29 is 4.42 Å². The molecule has 0 aliphatic heterocycles. The van der Waals surface area contributed by atoms with E-state index in [1.807, 2.05) is 12.1 Å². The second kappa shape index (κ2) is 4.99. The zero-order valence-corrected chi connectivity index (χ0v) is 10.7. The SMILES string of the molecule is Cc1cccc(C2CC(NCc3ccco3)C2)c1. The van der Waals surface area contributed by atoms with Crippen molar-refractivity contribution in [2.75, 3.05) is 0 Å². The highest BCUT2D eigenvalue weighted by Crippen LogP contribution is 2.37. The molecule has 1 aliphatic rings. The van der Waals surface area contributed by atoms with Crippen molar-refractivity contribution in [3.05, 3.63) is 59.5 Å². The summed E-state index contributed by atoms with van der Waals surface area (Å²) >= 11 is 0. The molecule has 2 heteroatoms. The van der Waals surface area contributed by atoms with E-state index in [1.165, 1.54) is 24.0 Å². The fourth-order valence-electron chi connectivity index (χ4n) is 2.64. The first kappa shape index (κ1) is 11.5. The first-order valence-corrected chi connectivity index (χ1v) is 6.63. The van der Waals surface area contributed by atoms with E-state index >= 15 is 0 Å². The van der Waals surface area contributed by atoms with Gasteiger partial charge in [0.2, 0.25) is 0 Å². The molecule has 1 saturated carbocycles. The zero-order chi connectivity index (χ0) is 12.4. The van der Waals surface area contributed by atoms with Crippen LogP contribution in [0.5, 0.6) is 0 Å². The molecule has 0 bridgehead atoms. The summed E-state index contributed by atoms with van der Waals surface area (Å²) in [5, 5.41) is 3.54. The molecule has 1 fully saturated rings. The molecule has 2 nitrogen and oxygen atoms in total. The maximum Gasteiger partial charge on any atom is 0.117 e. The average molecular weight is 241 g/mol. The maximum absolute atomic E-state index is 5.32. The standard InChI is InChI=1S/C16H19NO/c1-12-4-2-5-13(8-12)14-9-15(10-14)17-11-16-6-3-7-18-16/h2-8,14-15,17H,9-11H2,1H3. The highest BCUT2D eigenvalue weighted by molar-refractivity contribution is 5.27. The first-order chi connectivity index (χ1) is 8.81. The molecule has 1 aromatic carbocycles. The van der Waals surface area contributed by atoms with Gasteiger partial charge in [-0.15, -0.1) is 0 Å². The van der Waals surface area contributed by atoms with Gasteiger partial charge in [-0.05, 0) is 43.4 Å². The smallest absolute Gasteiger partial charge is 0.117 e. The van der Waals surface area contributed by atoms with Crippen molar-refractivity contribution >= 4 is 0 Å². The zero-order valence-electron chi connectivity index (χ0n) is 10.7. The molecule has 1 aromatic heterocycles. The van der Waals surface area contributed by atoms with Gasteiger partial charge in [0.05, 0.1) is 12.8 Å². The Balaban J connectivity index is 1.48. The minimum Gasteiger partial charge on any atom is -0.468 e. The van der Waals surface area contributed by atoms with Gasteiger partial charge in [-0.1, -0.05) is 29.8 Å². The molecule has 3 rings (SSSR count). The van der Waals surface area contributed by atoms with Crippen molar-refractivity contribution in [1.29, 1.82) is 0 Å². The van der Waals surface area contributed by atoms with Crippen LogP contribution in [0.15, 0.2) is 47.1 Å². The normalized spacial score (nSPS) is 22.7. The molecule has 1 N–H and O–H groups in total. The summed E-state index contributed by atoms with van der Waals surface area (Å²) in [6.45, 7) is 3.01. The molecule has 18 heavy (non-hydrogen) atoms. The van der Waals surface area contributed by atoms with E-state index < -0.39 is 0 Å². The lowest BCUT2D eigenvalue weighted by Gasteiger charge is -2.36. The summed E-state index contributed by atoms with van der Waals surface area (Å²) in [4.78, 5) is 0. The van der Waals surface area contributed by atoms with E-state index in [1.54, 1.807) is 6.26 Å². The third kappa shape index (κ3) is 2.49. The van der Waals surface area contributed by atoms with Crippen LogP contribution in [0.1, 0.15) is 35.6 Å². The molecular formula is C16H19NO. The first-order valence-electron chi connectivity index (χ1n) is 6.63. The molecule has 0 saturated heterocycles. The van der Waals surface area contributed by atoms with Gasteiger partial charge in [0.15, 0.2) is 0 Å². The van der Waals surface area contributed by atoms with Crippen LogP contribution in [0, 0.1) is 6.92 Å². The Kier molecular flexibility index (Phi) is 3.20. The topological polar surface area (TPSA) is 25.2 Å². The van der Waals surface area contributed by atoms with E-state index in [9.17, 15) is 0 Å². The second-order valence-electron chi connectivity index (χ2n) is 5.24. The number of hydrogen-bond acceptors (Lipinski definition) is 2. The molecule has 94 valence electrons. The van der Waals surface area contributed by atoms with Gasteiger partial charge >= 0.3 is 0 Å². The number of rotatable bonds is 4. The predicted octanol–water partition coefficient (Wildman–Crippen LogP) is 3.62. The van der Waals surface area contributed by atoms with E-state index in [4.69, 9.17) is 4.42 Å². The predicted molar refractivity (Wildman–Crippen MR) is 72.5 cm³/mol. The summed E-state index contributed by atoms with van der Waals surface area (Å²) in [6.07, 6.45) is 4.21. The quantitative estimate of drug-likeness (QED) is 0.884. The Labute approximate surface area is 108 Å². The van der Waals surface area contributed by atoms with Crippen LogP contribution >= 0.6 is 0 Å². The molecule has 0 atom stereocenters. The molecular weight excluding hydrogens is 222 g/mol. The van der Waals surface area contributed by atoms with Crippen LogP contribution in [0.4, 0.5) is 0 Å². The van der Waals surface area contributed by atoms with Crippen LogP contribution in [-0.4, -0.2) is 6.04 Å². The van der Waals surface area contributed by atoms with Gasteiger partial charge in [0.1, 0.15) is 5.76 Å². The lowest BCUT2D eigenvalue weighted by molar-refractivity contribution is 0.281. The fourth-order valence-corrected chi connectivity index (χ4v) is 2.64. The van der Waals surface area contributed by atoms with Gasteiger partial charge in [0, 0.05) is 6.04 Å². The third-order valence-electron chi connectivity index (χ3n) is 3.80. The number of benzene rings is 1. The fraction of sp³-hybridized carbons (Fsp3) is 0.375. The highest BCUT2D eigenvalue weighted by Gasteiger charge is 2.29.